The van der Waals surface area contributed by atoms with Gasteiger partial charge in [-0.15, -0.1) is 0 Å². The third-order valence-corrected chi connectivity index (χ3v) is 3.45. The molecular formula is C15H23N3O2. The number of rotatable bonds is 5. The highest BCUT2D eigenvalue weighted by Gasteiger charge is 2.14. The first-order valence-corrected chi connectivity index (χ1v) is 7.24. The molecule has 1 unspecified atom stereocenters. The second kappa shape index (κ2) is 7.14. The van der Waals surface area contributed by atoms with E-state index in [2.05, 4.69) is 10.6 Å². The van der Waals surface area contributed by atoms with Gasteiger partial charge in [0.25, 0.3) is 5.91 Å². The highest BCUT2D eigenvalue weighted by atomic mass is 16.5. The first-order chi connectivity index (χ1) is 9.70. The number of amides is 1. The lowest BCUT2D eigenvalue weighted by Crippen LogP contribution is -2.27. The van der Waals surface area contributed by atoms with Gasteiger partial charge in [-0.2, -0.15) is 0 Å². The summed E-state index contributed by atoms with van der Waals surface area (Å²) in [6.45, 7) is 4.07. The first kappa shape index (κ1) is 14.7. The van der Waals surface area contributed by atoms with E-state index in [1.807, 2.05) is 6.92 Å². The molecule has 0 saturated carbocycles. The van der Waals surface area contributed by atoms with Crippen LogP contribution < -0.4 is 16.4 Å². The Morgan fingerprint density at radius 3 is 3.00 bits per heavy atom. The molecule has 1 aliphatic heterocycles. The van der Waals surface area contributed by atoms with Crippen LogP contribution in [-0.4, -0.2) is 31.7 Å². The Balaban J connectivity index is 1.98. The van der Waals surface area contributed by atoms with Crippen molar-refractivity contribution in [1.29, 1.82) is 0 Å². The molecule has 0 aliphatic carbocycles. The number of carbonyl (C=O) groups excluding carboxylic acids is 1. The SMILES string of the molecule is CCNC(=O)c1ccc(N)c(NCC2CCCCO2)c1. The molecule has 1 saturated heterocycles. The molecule has 1 fully saturated rings. The molecule has 1 aromatic rings. The number of nitrogen functional groups attached to an aromatic ring is 1. The number of carbonyl (C=O) groups is 1. The molecule has 0 radical (unpaired) electrons. The van der Waals surface area contributed by atoms with Crippen molar-refractivity contribution in [3.05, 3.63) is 23.8 Å². The van der Waals surface area contributed by atoms with Crippen molar-refractivity contribution in [3.63, 3.8) is 0 Å². The van der Waals surface area contributed by atoms with E-state index < -0.39 is 0 Å². The number of nitrogens with one attached hydrogen (secondary N) is 2. The largest absolute Gasteiger partial charge is 0.397 e. The van der Waals surface area contributed by atoms with Gasteiger partial charge in [0.2, 0.25) is 0 Å². The maximum Gasteiger partial charge on any atom is 0.251 e. The summed E-state index contributed by atoms with van der Waals surface area (Å²) in [5.41, 5.74) is 8.00. The molecule has 0 spiro atoms. The predicted octanol–water partition coefficient (Wildman–Crippen LogP) is 2.00. The van der Waals surface area contributed by atoms with Crippen LogP contribution in [0.15, 0.2) is 18.2 Å². The minimum atomic E-state index is -0.0792. The zero-order valence-electron chi connectivity index (χ0n) is 11.9. The van der Waals surface area contributed by atoms with Gasteiger partial charge in [-0.1, -0.05) is 0 Å². The van der Waals surface area contributed by atoms with Gasteiger partial charge in [-0.3, -0.25) is 4.79 Å². The van der Waals surface area contributed by atoms with Crippen molar-refractivity contribution in [2.45, 2.75) is 32.3 Å². The van der Waals surface area contributed by atoms with Gasteiger partial charge in [0.1, 0.15) is 0 Å². The van der Waals surface area contributed by atoms with Gasteiger partial charge in [0, 0.05) is 25.3 Å². The summed E-state index contributed by atoms with van der Waals surface area (Å²) in [7, 11) is 0. The summed E-state index contributed by atoms with van der Waals surface area (Å²) >= 11 is 0. The van der Waals surface area contributed by atoms with Crippen molar-refractivity contribution in [2.75, 3.05) is 30.7 Å². The summed E-state index contributed by atoms with van der Waals surface area (Å²) < 4.78 is 5.67. The summed E-state index contributed by atoms with van der Waals surface area (Å²) in [4.78, 5) is 11.8. The molecule has 4 N–H and O–H groups in total. The standard InChI is InChI=1S/C15H23N3O2/c1-2-17-15(19)11-6-7-13(16)14(9-11)18-10-12-5-3-4-8-20-12/h6-7,9,12,18H,2-5,8,10,16H2,1H3,(H,17,19). The maximum absolute atomic E-state index is 11.8. The van der Waals surface area contributed by atoms with Crippen molar-refractivity contribution < 1.29 is 9.53 Å². The van der Waals surface area contributed by atoms with E-state index in [9.17, 15) is 4.79 Å². The molecule has 1 aliphatic rings. The van der Waals surface area contributed by atoms with E-state index in [1.54, 1.807) is 18.2 Å². The van der Waals surface area contributed by atoms with Gasteiger partial charge in [0.05, 0.1) is 17.5 Å². The lowest BCUT2D eigenvalue weighted by molar-refractivity contribution is 0.0248. The van der Waals surface area contributed by atoms with Crippen LogP contribution in [0.3, 0.4) is 0 Å². The molecular weight excluding hydrogens is 254 g/mol. The zero-order chi connectivity index (χ0) is 14.4. The second-order valence-electron chi connectivity index (χ2n) is 5.03. The molecule has 5 heteroatoms. The van der Waals surface area contributed by atoms with Crippen LogP contribution >= 0.6 is 0 Å². The fraction of sp³-hybridized carbons (Fsp3) is 0.533. The van der Waals surface area contributed by atoms with Gasteiger partial charge in [-0.25, -0.2) is 0 Å². The molecule has 1 aromatic carbocycles. The molecule has 1 heterocycles. The quantitative estimate of drug-likeness (QED) is 0.719. The predicted molar refractivity (Wildman–Crippen MR) is 80.9 cm³/mol. The topological polar surface area (TPSA) is 76.4 Å². The molecule has 20 heavy (non-hydrogen) atoms. The Bertz CT molecular complexity index is 456. The van der Waals surface area contributed by atoms with Gasteiger partial charge < -0.3 is 21.1 Å². The van der Waals surface area contributed by atoms with Crippen molar-refractivity contribution in [2.24, 2.45) is 0 Å². The van der Waals surface area contributed by atoms with Crippen LogP contribution in [-0.2, 0) is 4.74 Å². The van der Waals surface area contributed by atoms with E-state index in [0.29, 0.717) is 17.8 Å². The van der Waals surface area contributed by atoms with E-state index in [0.717, 1.165) is 31.7 Å². The minimum absolute atomic E-state index is 0.0792. The third-order valence-electron chi connectivity index (χ3n) is 3.45. The summed E-state index contributed by atoms with van der Waals surface area (Å²) in [5.74, 6) is -0.0792. The van der Waals surface area contributed by atoms with Crippen molar-refractivity contribution in [1.82, 2.24) is 5.32 Å². The molecule has 1 amide bonds. The number of hydrogen-bond acceptors (Lipinski definition) is 4. The minimum Gasteiger partial charge on any atom is -0.397 e. The third kappa shape index (κ3) is 3.87. The monoisotopic (exact) mass is 277 g/mol. The lowest BCUT2D eigenvalue weighted by atomic mass is 10.1. The smallest absolute Gasteiger partial charge is 0.251 e. The molecule has 110 valence electrons. The molecule has 2 rings (SSSR count). The number of ether oxygens (including phenoxy) is 1. The number of nitrogens with two attached hydrogens (primary N) is 1. The van der Waals surface area contributed by atoms with Gasteiger partial charge >= 0.3 is 0 Å². The highest BCUT2D eigenvalue weighted by Crippen LogP contribution is 2.21. The lowest BCUT2D eigenvalue weighted by Gasteiger charge is -2.23. The fourth-order valence-electron chi connectivity index (χ4n) is 2.31. The second-order valence-corrected chi connectivity index (χ2v) is 5.03. The summed E-state index contributed by atoms with van der Waals surface area (Å²) in [5, 5.41) is 6.07. The van der Waals surface area contributed by atoms with Crippen molar-refractivity contribution in [3.8, 4) is 0 Å². The Kier molecular flexibility index (Phi) is 5.24. The van der Waals surface area contributed by atoms with Crippen LogP contribution in [0.25, 0.3) is 0 Å². The Morgan fingerprint density at radius 1 is 1.45 bits per heavy atom. The zero-order valence-corrected chi connectivity index (χ0v) is 11.9. The highest BCUT2D eigenvalue weighted by molar-refractivity contribution is 5.96. The number of hydrogen-bond donors (Lipinski definition) is 3. The van der Waals surface area contributed by atoms with Crippen LogP contribution in [0.4, 0.5) is 11.4 Å². The van der Waals surface area contributed by atoms with Gasteiger partial charge in [0.15, 0.2) is 0 Å². The van der Waals surface area contributed by atoms with Crippen LogP contribution in [0.2, 0.25) is 0 Å². The van der Waals surface area contributed by atoms with E-state index in [1.165, 1.54) is 6.42 Å². The Labute approximate surface area is 119 Å². The number of benzene rings is 1. The summed E-state index contributed by atoms with van der Waals surface area (Å²) in [6.07, 6.45) is 3.66. The Morgan fingerprint density at radius 2 is 2.30 bits per heavy atom. The van der Waals surface area contributed by atoms with Crippen molar-refractivity contribution >= 4 is 17.3 Å². The average Bonchev–Trinajstić information content (AvgIpc) is 2.47. The maximum atomic E-state index is 11.8. The van der Waals surface area contributed by atoms with Crippen LogP contribution in [0.1, 0.15) is 36.5 Å². The van der Waals surface area contributed by atoms with Crippen LogP contribution in [0.5, 0.6) is 0 Å². The molecule has 0 bridgehead atoms. The first-order valence-electron chi connectivity index (χ1n) is 7.24. The molecule has 5 nitrogen and oxygen atoms in total. The normalized spacial score (nSPS) is 18.6. The van der Waals surface area contributed by atoms with E-state index in [4.69, 9.17) is 10.5 Å². The molecule has 1 atom stereocenters. The number of anilines is 2. The molecule has 0 aromatic heterocycles. The van der Waals surface area contributed by atoms with Gasteiger partial charge in [-0.05, 0) is 44.4 Å². The fourth-order valence-corrected chi connectivity index (χ4v) is 2.31. The summed E-state index contributed by atoms with van der Waals surface area (Å²) in [6, 6.07) is 5.29. The van der Waals surface area contributed by atoms with E-state index in [-0.39, 0.29) is 12.0 Å². The Hall–Kier alpha value is -1.75. The van der Waals surface area contributed by atoms with Crippen LogP contribution in [0, 0.1) is 0 Å². The average molecular weight is 277 g/mol. The van der Waals surface area contributed by atoms with E-state index >= 15 is 0 Å².